The normalized spacial score (nSPS) is 9.00. The highest BCUT2D eigenvalue weighted by Gasteiger charge is 2.07. The fourth-order valence-corrected chi connectivity index (χ4v) is 0.853. The Morgan fingerprint density at radius 1 is 1.75 bits per heavy atom. The van der Waals surface area contributed by atoms with Gasteiger partial charge in [-0.3, -0.25) is 9.78 Å². The van der Waals surface area contributed by atoms with Gasteiger partial charge in [0.2, 0.25) is 5.91 Å². The molecule has 1 heterocycles. The number of aromatic nitrogens is 1. The molecule has 0 aliphatic heterocycles. The second-order valence-corrected chi connectivity index (χ2v) is 2.35. The first-order valence-corrected chi connectivity index (χ1v) is 3.31. The monoisotopic (exact) mass is 161 g/mol. The van der Waals surface area contributed by atoms with Gasteiger partial charge >= 0.3 is 0 Å². The number of nitrogens with two attached hydrogens (primary N) is 1. The number of nitriles is 1. The zero-order chi connectivity index (χ0) is 9.14. The number of aryl methyl sites for hydroxylation is 1. The van der Waals surface area contributed by atoms with Gasteiger partial charge in [-0.15, -0.1) is 0 Å². The molecule has 0 aromatic carbocycles. The molecule has 12 heavy (non-hydrogen) atoms. The van der Waals surface area contributed by atoms with Crippen molar-refractivity contribution in [1.29, 1.82) is 5.26 Å². The van der Waals surface area contributed by atoms with E-state index in [0.717, 1.165) is 0 Å². The van der Waals surface area contributed by atoms with E-state index in [1.807, 2.05) is 6.07 Å². The maximum Gasteiger partial charge on any atom is 0.250 e. The van der Waals surface area contributed by atoms with Crippen molar-refractivity contribution in [3.63, 3.8) is 0 Å². The van der Waals surface area contributed by atoms with Crippen LogP contribution in [0.3, 0.4) is 0 Å². The summed E-state index contributed by atoms with van der Waals surface area (Å²) >= 11 is 0. The molecule has 1 aromatic heterocycles. The van der Waals surface area contributed by atoms with E-state index < -0.39 is 5.91 Å². The molecule has 0 spiro atoms. The Balaban J connectivity index is 3.34. The number of rotatable bonds is 1. The van der Waals surface area contributed by atoms with Crippen molar-refractivity contribution >= 4 is 5.91 Å². The molecule has 0 radical (unpaired) electrons. The standard InChI is InChI=1S/C8H7N3O/c1-5-2-7(8(10)12)6(3-9)4-11-5/h2,4H,1H3,(H2,10,12). The molecule has 1 amide bonds. The maximum atomic E-state index is 10.8. The lowest BCUT2D eigenvalue weighted by atomic mass is 10.1. The molecular formula is C8H7N3O. The molecule has 0 bridgehead atoms. The van der Waals surface area contributed by atoms with Crippen molar-refractivity contribution in [1.82, 2.24) is 4.98 Å². The van der Waals surface area contributed by atoms with Crippen molar-refractivity contribution in [3.05, 3.63) is 29.1 Å². The number of carbonyl (C=O) groups excluding carboxylic acids is 1. The van der Waals surface area contributed by atoms with Crippen LogP contribution in [-0.2, 0) is 0 Å². The third kappa shape index (κ3) is 1.40. The number of amides is 1. The lowest BCUT2D eigenvalue weighted by Crippen LogP contribution is -2.13. The van der Waals surface area contributed by atoms with Gasteiger partial charge in [0.15, 0.2) is 0 Å². The highest BCUT2D eigenvalue weighted by atomic mass is 16.1. The zero-order valence-electron chi connectivity index (χ0n) is 6.53. The van der Waals surface area contributed by atoms with Crippen molar-refractivity contribution in [2.75, 3.05) is 0 Å². The van der Waals surface area contributed by atoms with Gasteiger partial charge in [-0.05, 0) is 13.0 Å². The summed E-state index contributed by atoms with van der Waals surface area (Å²) in [6.45, 7) is 1.73. The fraction of sp³-hybridized carbons (Fsp3) is 0.125. The van der Waals surface area contributed by atoms with Crippen LogP contribution in [0.4, 0.5) is 0 Å². The summed E-state index contributed by atoms with van der Waals surface area (Å²) in [6, 6.07) is 3.34. The van der Waals surface area contributed by atoms with Gasteiger partial charge in [0.05, 0.1) is 11.1 Å². The maximum absolute atomic E-state index is 10.8. The van der Waals surface area contributed by atoms with Crippen molar-refractivity contribution in [2.24, 2.45) is 5.73 Å². The Morgan fingerprint density at radius 2 is 2.42 bits per heavy atom. The van der Waals surface area contributed by atoms with E-state index in [-0.39, 0.29) is 11.1 Å². The zero-order valence-corrected chi connectivity index (χ0v) is 6.53. The molecule has 1 rings (SSSR count). The second kappa shape index (κ2) is 3.01. The minimum absolute atomic E-state index is 0.216. The Kier molecular flexibility index (Phi) is 2.06. The number of nitrogens with zero attached hydrogens (tertiary/aromatic N) is 2. The summed E-state index contributed by atoms with van der Waals surface area (Å²) in [6.07, 6.45) is 1.34. The van der Waals surface area contributed by atoms with Crippen LogP contribution in [0.2, 0.25) is 0 Å². The Labute approximate surface area is 69.6 Å². The summed E-state index contributed by atoms with van der Waals surface area (Å²) in [5, 5.41) is 8.56. The summed E-state index contributed by atoms with van der Waals surface area (Å²) in [5.41, 5.74) is 6.15. The van der Waals surface area contributed by atoms with Crippen LogP contribution in [0.1, 0.15) is 21.6 Å². The minimum atomic E-state index is -0.600. The molecule has 0 aliphatic carbocycles. The largest absolute Gasteiger partial charge is 0.366 e. The van der Waals surface area contributed by atoms with Gasteiger partial charge in [-0.25, -0.2) is 0 Å². The predicted molar refractivity (Wildman–Crippen MR) is 42.2 cm³/mol. The molecule has 0 unspecified atom stereocenters. The number of primary amides is 1. The summed E-state index contributed by atoms with van der Waals surface area (Å²) < 4.78 is 0. The molecule has 0 saturated carbocycles. The van der Waals surface area contributed by atoms with Gasteiger partial charge in [0.25, 0.3) is 0 Å². The molecular weight excluding hydrogens is 154 g/mol. The van der Waals surface area contributed by atoms with Crippen molar-refractivity contribution < 1.29 is 4.79 Å². The van der Waals surface area contributed by atoms with E-state index in [0.29, 0.717) is 5.69 Å². The highest BCUT2D eigenvalue weighted by molar-refractivity contribution is 5.95. The van der Waals surface area contributed by atoms with E-state index >= 15 is 0 Å². The molecule has 0 atom stereocenters. The van der Waals surface area contributed by atoms with Crippen LogP contribution in [0.15, 0.2) is 12.3 Å². The topological polar surface area (TPSA) is 79.8 Å². The van der Waals surface area contributed by atoms with Gasteiger partial charge < -0.3 is 5.73 Å². The summed E-state index contributed by atoms with van der Waals surface area (Å²) in [7, 11) is 0. The Morgan fingerprint density at radius 3 is 2.92 bits per heavy atom. The van der Waals surface area contributed by atoms with Gasteiger partial charge in [-0.1, -0.05) is 0 Å². The molecule has 60 valence electrons. The lowest BCUT2D eigenvalue weighted by molar-refractivity contribution is 0.1000. The molecule has 0 saturated heterocycles. The first-order chi connectivity index (χ1) is 5.65. The molecule has 0 fully saturated rings. The second-order valence-electron chi connectivity index (χ2n) is 2.35. The third-order valence-electron chi connectivity index (χ3n) is 1.43. The van der Waals surface area contributed by atoms with Crippen LogP contribution < -0.4 is 5.73 Å². The predicted octanol–water partition coefficient (Wildman–Crippen LogP) is 0.361. The van der Waals surface area contributed by atoms with Crippen LogP contribution in [0, 0.1) is 18.3 Å². The van der Waals surface area contributed by atoms with Gasteiger partial charge in [0.1, 0.15) is 6.07 Å². The third-order valence-corrected chi connectivity index (χ3v) is 1.43. The van der Waals surface area contributed by atoms with Crippen LogP contribution in [0.25, 0.3) is 0 Å². The van der Waals surface area contributed by atoms with E-state index in [1.54, 1.807) is 6.92 Å². The SMILES string of the molecule is Cc1cc(C(N)=O)c(C#N)cn1. The van der Waals surface area contributed by atoms with Crippen molar-refractivity contribution in [2.45, 2.75) is 6.92 Å². The molecule has 4 nitrogen and oxygen atoms in total. The molecule has 4 heteroatoms. The van der Waals surface area contributed by atoms with Crippen LogP contribution >= 0.6 is 0 Å². The summed E-state index contributed by atoms with van der Waals surface area (Å²) in [5.74, 6) is -0.600. The number of pyridine rings is 1. The smallest absolute Gasteiger partial charge is 0.250 e. The number of hydrogen-bond donors (Lipinski definition) is 1. The molecule has 1 aromatic rings. The van der Waals surface area contributed by atoms with E-state index in [1.165, 1.54) is 12.3 Å². The van der Waals surface area contributed by atoms with E-state index in [2.05, 4.69) is 4.98 Å². The van der Waals surface area contributed by atoms with E-state index in [4.69, 9.17) is 11.0 Å². The van der Waals surface area contributed by atoms with Crippen LogP contribution in [0.5, 0.6) is 0 Å². The first-order valence-electron chi connectivity index (χ1n) is 3.31. The van der Waals surface area contributed by atoms with E-state index in [9.17, 15) is 4.79 Å². The van der Waals surface area contributed by atoms with Gasteiger partial charge in [-0.2, -0.15) is 5.26 Å². The van der Waals surface area contributed by atoms with Crippen LogP contribution in [-0.4, -0.2) is 10.9 Å². The Bertz CT molecular complexity index is 365. The molecule has 0 aliphatic rings. The number of hydrogen-bond acceptors (Lipinski definition) is 3. The summed E-state index contributed by atoms with van der Waals surface area (Å²) in [4.78, 5) is 14.6. The average Bonchev–Trinajstić information content (AvgIpc) is 2.04. The van der Waals surface area contributed by atoms with Gasteiger partial charge in [0, 0.05) is 11.9 Å². The Hall–Kier alpha value is -1.89. The minimum Gasteiger partial charge on any atom is -0.366 e. The first kappa shape index (κ1) is 8.21. The fourth-order valence-electron chi connectivity index (χ4n) is 0.853. The molecule has 2 N–H and O–H groups in total. The average molecular weight is 161 g/mol. The lowest BCUT2D eigenvalue weighted by Gasteiger charge is -1.98. The number of carbonyl (C=O) groups is 1. The van der Waals surface area contributed by atoms with Crippen molar-refractivity contribution in [3.8, 4) is 6.07 Å². The highest BCUT2D eigenvalue weighted by Crippen LogP contribution is 2.06. The quantitative estimate of drug-likeness (QED) is 0.645.